The molecule has 22 heavy (non-hydrogen) atoms. The van der Waals surface area contributed by atoms with Gasteiger partial charge in [0.2, 0.25) is 0 Å². The zero-order valence-electron chi connectivity index (χ0n) is 11.5. The number of ether oxygens (including phenoxy) is 1. The summed E-state index contributed by atoms with van der Waals surface area (Å²) in [7, 11) is -3.70. The second-order valence-corrected chi connectivity index (χ2v) is 6.62. The maximum absolute atomic E-state index is 11.7. The summed E-state index contributed by atoms with van der Waals surface area (Å²) in [5, 5.41) is 3.55. The molecule has 2 N–H and O–H groups in total. The lowest BCUT2D eigenvalue weighted by Gasteiger charge is -2.17. The van der Waals surface area contributed by atoms with Crippen LogP contribution in [0.25, 0.3) is 10.4 Å². The third kappa shape index (κ3) is 4.06. The summed E-state index contributed by atoms with van der Waals surface area (Å²) in [5.74, 6) is 0. The Labute approximate surface area is 123 Å². The highest BCUT2D eigenvalue weighted by molar-refractivity contribution is 7.51. The molecular formula is C10H14N5O6P. The van der Waals surface area contributed by atoms with Gasteiger partial charge in [-0.3, -0.25) is 18.9 Å². The first kappa shape index (κ1) is 16.5. The number of nitrogens with one attached hydrogen (secondary N) is 1. The Bertz CT molecular complexity index is 747. The summed E-state index contributed by atoms with van der Waals surface area (Å²) in [5.41, 5.74) is 7.35. The summed E-state index contributed by atoms with van der Waals surface area (Å²) in [4.78, 5) is 36.7. The molecule has 2 rings (SSSR count). The van der Waals surface area contributed by atoms with Gasteiger partial charge < -0.3 is 14.2 Å². The van der Waals surface area contributed by atoms with Crippen molar-refractivity contribution in [1.29, 1.82) is 0 Å². The van der Waals surface area contributed by atoms with Crippen LogP contribution >= 0.6 is 7.60 Å². The van der Waals surface area contributed by atoms with Gasteiger partial charge >= 0.3 is 13.3 Å². The van der Waals surface area contributed by atoms with E-state index in [1.807, 2.05) is 0 Å². The minimum Gasteiger partial charge on any atom is -0.352 e. The summed E-state index contributed by atoms with van der Waals surface area (Å²) in [6.07, 6.45) is -0.119. The van der Waals surface area contributed by atoms with E-state index < -0.39 is 37.2 Å². The molecule has 2 heterocycles. The molecule has 12 heteroatoms. The van der Waals surface area contributed by atoms with E-state index in [0.717, 1.165) is 17.3 Å². The van der Waals surface area contributed by atoms with Crippen molar-refractivity contribution in [2.24, 2.45) is 5.11 Å². The van der Waals surface area contributed by atoms with Crippen LogP contribution in [-0.4, -0.2) is 39.9 Å². The van der Waals surface area contributed by atoms with Crippen molar-refractivity contribution in [2.75, 3.05) is 13.3 Å². The Kier molecular flexibility index (Phi) is 4.84. The summed E-state index contributed by atoms with van der Waals surface area (Å²) < 4.78 is 22.6. The number of nitrogens with zero attached hydrogens (tertiary/aromatic N) is 4. The fourth-order valence-electron chi connectivity index (χ4n) is 2.09. The Morgan fingerprint density at radius 2 is 2.41 bits per heavy atom. The first-order chi connectivity index (χ1) is 10.3. The first-order valence-corrected chi connectivity index (χ1v) is 8.28. The van der Waals surface area contributed by atoms with E-state index >= 15 is 0 Å². The van der Waals surface area contributed by atoms with E-state index in [1.165, 1.54) is 6.20 Å². The van der Waals surface area contributed by atoms with Crippen molar-refractivity contribution < 1.29 is 18.7 Å². The molecule has 120 valence electrons. The monoisotopic (exact) mass is 331 g/mol. The molecule has 0 aliphatic carbocycles. The first-order valence-electron chi connectivity index (χ1n) is 6.26. The fourth-order valence-corrected chi connectivity index (χ4v) is 2.51. The van der Waals surface area contributed by atoms with E-state index in [4.69, 9.17) is 19.7 Å². The van der Waals surface area contributed by atoms with Crippen LogP contribution < -0.4 is 11.2 Å². The van der Waals surface area contributed by atoms with Gasteiger partial charge in [-0.25, -0.2) is 4.79 Å². The van der Waals surface area contributed by atoms with Crippen LogP contribution in [0, 0.1) is 0 Å². The smallest absolute Gasteiger partial charge is 0.330 e. The third-order valence-corrected chi connectivity index (χ3v) is 3.67. The van der Waals surface area contributed by atoms with Crippen LogP contribution in [0.15, 0.2) is 27.0 Å². The molecule has 0 radical (unpaired) electrons. The Morgan fingerprint density at radius 1 is 1.68 bits per heavy atom. The molecule has 1 aliphatic heterocycles. The number of hydrogen-bond donors (Lipinski definition) is 2. The molecule has 0 spiro atoms. The van der Waals surface area contributed by atoms with E-state index in [1.54, 1.807) is 0 Å². The van der Waals surface area contributed by atoms with Gasteiger partial charge in [-0.05, 0) is 5.53 Å². The number of rotatable bonds is 5. The molecular weight excluding hydrogens is 317 g/mol. The highest BCUT2D eigenvalue weighted by Gasteiger charge is 2.37. The zero-order valence-corrected chi connectivity index (χ0v) is 12.4. The van der Waals surface area contributed by atoms with Crippen LogP contribution in [0.1, 0.15) is 12.6 Å². The molecule has 0 bridgehead atoms. The standard InChI is InChI=1S/C10H14N5O6P/c1-22(18,19)20-5-7-6(13-14-11)4-9(21-7)15-3-2-8(16)12-10(15)17/h2-3,6-7,9H,4-5H2,1H3,(H,18,19)(H,12,16,17)/t6-,7+,9+/m0/s1. The number of H-pyrrole nitrogens is 1. The minimum absolute atomic E-state index is 0.170. The van der Waals surface area contributed by atoms with Crippen molar-refractivity contribution in [2.45, 2.75) is 24.8 Å². The Balaban J connectivity index is 2.19. The van der Waals surface area contributed by atoms with Gasteiger partial charge in [0.15, 0.2) is 0 Å². The van der Waals surface area contributed by atoms with Gasteiger partial charge in [0.25, 0.3) is 5.56 Å². The van der Waals surface area contributed by atoms with Crippen molar-refractivity contribution in [3.05, 3.63) is 43.5 Å². The molecule has 1 fully saturated rings. The van der Waals surface area contributed by atoms with Gasteiger partial charge in [-0.15, -0.1) is 0 Å². The lowest BCUT2D eigenvalue weighted by atomic mass is 10.1. The SMILES string of the molecule is CP(=O)(O)OC[C@H]1O[C@@H](n2ccc(=O)[nH]c2=O)C[C@@H]1N=[N+]=[N-]. The lowest BCUT2D eigenvalue weighted by molar-refractivity contribution is -0.0236. The molecule has 4 atom stereocenters. The molecule has 1 aliphatic rings. The van der Waals surface area contributed by atoms with Crippen LogP contribution in [-0.2, 0) is 13.8 Å². The molecule has 0 aromatic carbocycles. The largest absolute Gasteiger partial charge is 0.352 e. The second-order valence-electron chi connectivity index (χ2n) is 4.75. The normalized spacial score (nSPS) is 27.1. The van der Waals surface area contributed by atoms with Gasteiger partial charge in [-0.2, -0.15) is 0 Å². The average molecular weight is 331 g/mol. The molecule has 1 saturated heterocycles. The molecule has 1 aromatic heterocycles. The van der Waals surface area contributed by atoms with Gasteiger partial charge in [0.1, 0.15) is 6.23 Å². The maximum atomic E-state index is 11.7. The minimum atomic E-state index is -3.70. The quantitative estimate of drug-likeness (QED) is 0.342. The number of aromatic amines is 1. The Hall–Kier alpha value is -1.90. The summed E-state index contributed by atoms with van der Waals surface area (Å²) >= 11 is 0. The van der Waals surface area contributed by atoms with Crippen molar-refractivity contribution in [1.82, 2.24) is 9.55 Å². The van der Waals surface area contributed by atoms with E-state index in [2.05, 4.69) is 15.0 Å². The highest BCUT2D eigenvalue weighted by Crippen LogP contribution is 2.39. The summed E-state index contributed by atoms with van der Waals surface area (Å²) in [6, 6.07) is 0.492. The number of azide groups is 1. The highest BCUT2D eigenvalue weighted by atomic mass is 31.2. The average Bonchev–Trinajstić information content (AvgIpc) is 2.79. The molecule has 1 unspecified atom stereocenters. The molecule has 11 nitrogen and oxygen atoms in total. The van der Waals surface area contributed by atoms with Crippen LogP contribution in [0.4, 0.5) is 0 Å². The molecule has 0 saturated carbocycles. The fraction of sp³-hybridized carbons (Fsp3) is 0.600. The van der Waals surface area contributed by atoms with Gasteiger partial charge in [0, 0.05) is 30.3 Å². The van der Waals surface area contributed by atoms with Crippen LogP contribution in [0.3, 0.4) is 0 Å². The topological polar surface area (TPSA) is 159 Å². The molecule has 0 amide bonds. The zero-order chi connectivity index (χ0) is 16.3. The summed E-state index contributed by atoms with van der Waals surface area (Å²) in [6.45, 7) is 0.761. The van der Waals surface area contributed by atoms with Crippen molar-refractivity contribution in [3.63, 3.8) is 0 Å². The van der Waals surface area contributed by atoms with E-state index in [-0.39, 0.29) is 13.0 Å². The second kappa shape index (κ2) is 6.47. The predicted octanol–water partition coefficient (Wildman–Crippen LogP) is 0.335. The lowest BCUT2D eigenvalue weighted by Crippen LogP contribution is -2.31. The third-order valence-electron chi connectivity index (χ3n) is 3.04. The number of aromatic nitrogens is 2. The maximum Gasteiger partial charge on any atom is 0.330 e. The van der Waals surface area contributed by atoms with Crippen molar-refractivity contribution in [3.8, 4) is 0 Å². The van der Waals surface area contributed by atoms with Gasteiger partial charge in [0.05, 0.1) is 18.8 Å². The van der Waals surface area contributed by atoms with Crippen molar-refractivity contribution >= 4 is 7.60 Å². The Morgan fingerprint density at radius 3 is 3.00 bits per heavy atom. The van der Waals surface area contributed by atoms with E-state index in [9.17, 15) is 14.2 Å². The van der Waals surface area contributed by atoms with Crippen LogP contribution in [0.2, 0.25) is 0 Å². The number of hydrogen-bond acceptors (Lipinski definition) is 6. The van der Waals surface area contributed by atoms with E-state index in [0.29, 0.717) is 0 Å². The predicted molar refractivity (Wildman–Crippen MR) is 74.5 cm³/mol. The molecule has 1 aromatic rings. The van der Waals surface area contributed by atoms with Gasteiger partial charge in [-0.1, -0.05) is 5.11 Å². The van der Waals surface area contributed by atoms with Crippen LogP contribution in [0.5, 0.6) is 0 Å².